The number of hydrogen-bond acceptors (Lipinski definition) is 6. The fraction of sp³-hybridized carbons (Fsp3) is 0.0588. The largest absolute Gasteiger partial charge is 0.438 e. The third kappa shape index (κ3) is 3.08. The van der Waals surface area contributed by atoms with E-state index in [0.717, 1.165) is 15.3 Å². The van der Waals surface area contributed by atoms with Crippen LogP contribution < -0.4 is 10.2 Å². The minimum absolute atomic E-state index is 0.169. The molecule has 114 valence electrons. The molecule has 0 unspecified atom stereocenters. The molecular formula is C17H13N3O2S. The summed E-state index contributed by atoms with van der Waals surface area (Å²) >= 11 is 1.67. The minimum atomic E-state index is -0.169. The Labute approximate surface area is 137 Å². The van der Waals surface area contributed by atoms with E-state index in [9.17, 15) is 0 Å². The second kappa shape index (κ2) is 6.20. The van der Waals surface area contributed by atoms with Gasteiger partial charge in [0.15, 0.2) is 0 Å². The lowest BCUT2D eigenvalue weighted by molar-refractivity contribution is 0.0290. The Balaban J connectivity index is 1.50. The summed E-state index contributed by atoms with van der Waals surface area (Å²) in [6, 6.07) is 11.8. The van der Waals surface area contributed by atoms with Crippen LogP contribution in [0.5, 0.6) is 5.75 Å². The van der Waals surface area contributed by atoms with Crippen molar-refractivity contribution in [3.63, 3.8) is 0 Å². The first-order chi connectivity index (χ1) is 11.4. The molecule has 0 spiro atoms. The number of aromatic nitrogens is 2. The van der Waals surface area contributed by atoms with E-state index in [-0.39, 0.29) is 6.10 Å². The second-order valence-corrected chi connectivity index (χ2v) is 6.02. The summed E-state index contributed by atoms with van der Waals surface area (Å²) < 4.78 is 5.68. The van der Waals surface area contributed by atoms with E-state index in [2.05, 4.69) is 27.6 Å². The Morgan fingerprint density at radius 3 is 2.70 bits per heavy atom. The Kier molecular flexibility index (Phi) is 3.75. The molecule has 0 aromatic carbocycles. The molecule has 0 fully saturated rings. The molecule has 0 aliphatic carbocycles. The molecular weight excluding hydrogens is 310 g/mol. The summed E-state index contributed by atoms with van der Waals surface area (Å²) in [6.07, 6.45) is 8.72. The highest BCUT2D eigenvalue weighted by molar-refractivity contribution is 7.15. The lowest BCUT2D eigenvalue weighted by Crippen LogP contribution is -2.11. The van der Waals surface area contributed by atoms with Crippen molar-refractivity contribution in [2.45, 2.75) is 6.10 Å². The zero-order chi connectivity index (χ0) is 15.5. The van der Waals surface area contributed by atoms with Crippen LogP contribution >= 0.6 is 11.3 Å². The molecule has 3 aromatic rings. The molecule has 23 heavy (non-hydrogen) atoms. The number of hydrogen-bond donors (Lipinski definition) is 1. The molecule has 0 saturated heterocycles. The van der Waals surface area contributed by atoms with Crippen LogP contribution in [0, 0.1) is 0 Å². The summed E-state index contributed by atoms with van der Waals surface area (Å²) in [6.45, 7) is 0. The van der Waals surface area contributed by atoms with Gasteiger partial charge in [0.25, 0.3) is 0 Å². The normalized spacial score (nSPS) is 16.7. The summed E-state index contributed by atoms with van der Waals surface area (Å²) in [5, 5.41) is 0. The predicted molar refractivity (Wildman–Crippen MR) is 87.5 cm³/mol. The number of hydroxylamine groups is 1. The smallest absolute Gasteiger partial charge is 0.216 e. The molecule has 4 rings (SSSR count). The van der Waals surface area contributed by atoms with Crippen LogP contribution in [0.25, 0.3) is 10.4 Å². The van der Waals surface area contributed by atoms with Gasteiger partial charge in [-0.2, -0.15) is 0 Å². The summed E-state index contributed by atoms with van der Waals surface area (Å²) in [5.74, 6) is 1.23. The van der Waals surface area contributed by atoms with Crippen molar-refractivity contribution in [1.29, 1.82) is 0 Å². The van der Waals surface area contributed by atoms with Crippen LogP contribution in [0.1, 0.15) is 11.0 Å². The average Bonchev–Trinajstić information content (AvgIpc) is 3.26. The average molecular weight is 323 g/mol. The monoisotopic (exact) mass is 323 g/mol. The van der Waals surface area contributed by atoms with E-state index < -0.39 is 0 Å². The molecule has 3 aromatic heterocycles. The van der Waals surface area contributed by atoms with E-state index in [0.29, 0.717) is 11.6 Å². The van der Waals surface area contributed by atoms with Crippen LogP contribution in [0.15, 0.2) is 73.1 Å². The van der Waals surface area contributed by atoms with Gasteiger partial charge in [-0.05, 0) is 30.3 Å². The fourth-order valence-electron chi connectivity index (χ4n) is 2.23. The van der Waals surface area contributed by atoms with Crippen molar-refractivity contribution >= 4 is 11.3 Å². The van der Waals surface area contributed by atoms with Crippen LogP contribution in [-0.4, -0.2) is 9.97 Å². The van der Waals surface area contributed by atoms with Crippen LogP contribution in [0.2, 0.25) is 0 Å². The Bertz CT molecular complexity index is 818. The molecule has 4 heterocycles. The van der Waals surface area contributed by atoms with Gasteiger partial charge >= 0.3 is 0 Å². The van der Waals surface area contributed by atoms with Crippen molar-refractivity contribution < 1.29 is 9.57 Å². The predicted octanol–water partition coefficient (Wildman–Crippen LogP) is 3.70. The molecule has 0 bridgehead atoms. The van der Waals surface area contributed by atoms with Gasteiger partial charge in [-0.25, -0.2) is 5.48 Å². The lowest BCUT2D eigenvalue weighted by Gasteiger charge is -2.05. The highest BCUT2D eigenvalue weighted by Gasteiger charge is 2.21. The van der Waals surface area contributed by atoms with E-state index in [1.807, 2.05) is 36.5 Å². The first kappa shape index (κ1) is 13.9. The summed E-state index contributed by atoms with van der Waals surface area (Å²) in [7, 11) is 0. The topological polar surface area (TPSA) is 56.3 Å². The molecule has 1 aliphatic rings. The molecule has 1 aliphatic heterocycles. The zero-order valence-electron chi connectivity index (χ0n) is 12.0. The molecule has 0 amide bonds. The molecule has 1 atom stereocenters. The van der Waals surface area contributed by atoms with E-state index in [1.165, 1.54) is 0 Å². The first-order valence-corrected chi connectivity index (χ1v) is 7.92. The fourth-order valence-corrected chi connectivity index (χ4v) is 3.22. The first-order valence-electron chi connectivity index (χ1n) is 7.10. The number of rotatable bonds is 4. The number of thiophene rings is 1. The molecule has 5 nitrogen and oxygen atoms in total. The molecule has 6 heteroatoms. The lowest BCUT2D eigenvalue weighted by atomic mass is 10.2. The molecule has 0 radical (unpaired) electrons. The Morgan fingerprint density at radius 2 is 1.91 bits per heavy atom. The van der Waals surface area contributed by atoms with E-state index >= 15 is 0 Å². The summed E-state index contributed by atoms with van der Waals surface area (Å²) in [4.78, 5) is 16.0. The highest BCUT2D eigenvalue weighted by Crippen LogP contribution is 2.34. The van der Waals surface area contributed by atoms with Gasteiger partial charge in [0.1, 0.15) is 11.9 Å². The number of nitrogens with zero attached hydrogens (tertiary/aromatic N) is 2. The highest BCUT2D eigenvalue weighted by atomic mass is 32.1. The standard InChI is InChI=1S/C17H13N3O2S/c1-3-12(10-18-7-1)15-5-6-16(23-15)14-9-17(20-22-14)21-13-4-2-8-19-11-13/h1-11,14,20H/t14-/m1/s1. The van der Waals surface area contributed by atoms with Gasteiger partial charge in [0.2, 0.25) is 5.88 Å². The van der Waals surface area contributed by atoms with Crippen LogP contribution in [0.3, 0.4) is 0 Å². The Morgan fingerprint density at radius 1 is 1.04 bits per heavy atom. The third-order valence-electron chi connectivity index (χ3n) is 3.30. The molecule has 0 saturated carbocycles. The van der Waals surface area contributed by atoms with E-state index in [1.54, 1.807) is 29.9 Å². The van der Waals surface area contributed by atoms with Crippen molar-refractivity contribution in [2.24, 2.45) is 0 Å². The SMILES string of the molecule is C1=C(Oc2cccnc2)NO[C@H]1c1ccc(-c2cccnc2)s1. The number of ether oxygens (including phenoxy) is 1. The van der Waals surface area contributed by atoms with Gasteiger partial charge in [-0.1, -0.05) is 6.07 Å². The van der Waals surface area contributed by atoms with Crippen molar-refractivity contribution in [1.82, 2.24) is 15.4 Å². The number of nitrogens with one attached hydrogen (secondary N) is 1. The Hall–Kier alpha value is -2.70. The van der Waals surface area contributed by atoms with Crippen molar-refractivity contribution in [2.75, 3.05) is 0 Å². The molecule has 1 N–H and O–H groups in total. The van der Waals surface area contributed by atoms with Gasteiger partial charge in [-0.15, -0.1) is 11.3 Å². The van der Waals surface area contributed by atoms with Crippen molar-refractivity contribution in [3.8, 4) is 16.2 Å². The zero-order valence-corrected chi connectivity index (χ0v) is 12.9. The maximum atomic E-state index is 5.68. The minimum Gasteiger partial charge on any atom is -0.438 e. The quantitative estimate of drug-likeness (QED) is 0.793. The number of pyridine rings is 2. The van der Waals surface area contributed by atoms with Gasteiger partial charge in [0.05, 0.1) is 6.20 Å². The van der Waals surface area contributed by atoms with Crippen LogP contribution in [0.4, 0.5) is 0 Å². The van der Waals surface area contributed by atoms with Crippen molar-refractivity contribution in [3.05, 3.63) is 78.0 Å². The maximum Gasteiger partial charge on any atom is 0.216 e. The summed E-state index contributed by atoms with van der Waals surface area (Å²) in [5.41, 5.74) is 3.91. The maximum absolute atomic E-state index is 5.68. The third-order valence-corrected chi connectivity index (χ3v) is 4.50. The second-order valence-electron chi connectivity index (χ2n) is 4.91. The van der Waals surface area contributed by atoms with Gasteiger partial charge in [0, 0.05) is 40.0 Å². The van der Waals surface area contributed by atoms with Gasteiger partial charge in [-0.3, -0.25) is 14.8 Å². The van der Waals surface area contributed by atoms with E-state index in [4.69, 9.17) is 9.57 Å². The van der Waals surface area contributed by atoms with Gasteiger partial charge < -0.3 is 4.74 Å². The van der Waals surface area contributed by atoms with Crippen LogP contribution in [-0.2, 0) is 4.84 Å².